The van der Waals surface area contributed by atoms with Gasteiger partial charge in [-0.15, -0.1) is 0 Å². The van der Waals surface area contributed by atoms with Crippen LogP contribution in [0.4, 0.5) is 15.8 Å². The number of hydroxylamine groups is 1. The summed E-state index contributed by atoms with van der Waals surface area (Å²) in [6.45, 7) is 1.94. The molecule has 0 saturated carbocycles. The fraction of sp³-hybridized carbons (Fsp3) is 0.167. The second kappa shape index (κ2) is 7.07. The summed E-state index contributed by atoms with van der Waals surface area (Å²) in [6.07, 6.45) is -0.965. The van der Waals surface area contributed by atoms with Crippen LogP contribution < -0.4 is 9.96 Å². The van der Waals surface area contributed by atoms with Crippen molar-refractivity contribution in [2.24, 2.45) is 5.92 Å². The number of anilines is 2. The maximum Gasteiger partial charge on any atom is 0.266 e. The van der Waals surface area contributed by atoms with Gasteiger partial charge in [-0.25, -0.2) is 14.4 Å². The summed E-state index contributed by atoms with van der Waals surface area (Å²) in [6, 6.07) is 21.9. The van der Waals surface area contributed by atoms with E-state index < -0.39 is 29.8 Å². The molecule has 0 unspecified atom stereocenters. The predicted molar refractivity (Wildman–Crippen MR) is 110 cm³/mol. The van der Waals surface area contributed by atoms with E-state index in [1.165, 1.54) is 17.0 Å². The average Bonchev–Trinajstić information content (AvgIpc) is 3.26. The molecule has 2 saturated heterocycles. The van der Waals surface area contributed by atoms with Gasteiger partial charge in [0.1, 0.15) is 11.7 Å². The SMILES string of the molecule is Cc1ccc(N2C(=O)[C@H]3[C@H](ON(c4ccccc4)[C@@H]3c3cccc(F)c3)C2=O)cc1. The third kappa shape index (κ3) is 2.88. The summed E-state index contributed by atoms with van der Waals surface area (Å²) >= 11 is 0. The minimum absolute atomic E-state index is 0.346. The highest BCUT2D eigenvalue weighted by Gasteiger charge is 2.60. The van der Waals surface area contributed by atoms with Gasteiger partial charge in [0, 0.05) is 0 Å². The maximum atomic E-state index is 14.0. The Morgan fingerprint density at radius 2 is 1.57 bits per heavy atom. The van der Waals surface area contributed by atoms with E-state index in [4.69, 9.17) is 4.84 Å². The molecule has 30 heavy (non-hydrogen) atoms. The number of rotatable bonds is 3. The minimum Gasteiger partial charge on any atom is -0.273 e. The summed E-state index contributed by atoms with van der Waals surface area (Å²) in [7, 11) is 0. The van der Waals surface area contributed by atoms with Gasteiger partial charge in [-0.1, -0.05) is 48.0 Å². The van der Waals surface area contributed by atoms with Gasteiger partial charge in [0.25, 0.3) is 5.91 Å². The second-order valence-corrected chi connectivity index (χ2v) is 7.56. The first-order valence-electron chi connectivity index (χ1n) is 9.75. The molecular weight excluding hydrogens is 383 g/mol. The van der Waals surface area contributed by atoms with Gasteiger partial charge in [-0.2, -0.15) is 0 Å². The Kier molecular flexibility index (Phi) is 4.37. The minimum atomic E-state index is -0.965. The highest BCUT2D eigenvalue weighted by Crippen LogP contribution is 2.47. The van der Waals surface area contributed by atoms with Crippen molar-refractivity contribution in [1.29, 1.82) is 0 Å². The van der Waals surface area contributed by atoms with Crippen LogP contribution in [0.3, 0.4) is 0 Å². The van der Waals surface area contributed by atoms with Crippen LogP contribution in [0.2, 0.25) is 0 Å². The normalized spacial score (nSPS) is 23.2. The lowest BCUT2D eigenvalue weighted by molar-refractivity contribution is -0.126. The number of amides is 2. The van der Waals surface area contributed by atoms with Crippen LogP contribution in [0.5, 0.6) is 0 Å². The summed E-state index contributed by atoms with van der Waals surface area (Å²) in [5, 5.41) is 1.56. The first-order valence-corrected chi connectivity index (χ1v) is 9.75. The zero-order valence-electron chi connectivity index (χ0n) is 16.2. The van der Waals surface area contributed by atoms with E-state index in [0.717, 1.165) is 5.56 Å². The number of fused-ring (bicyclic) bond motifs is 1. The van der Waals surface area contributed by atoms with Gasteiger partial charge in [-0.05, 0) is 48.9 Å². The van der Waals surface area contributed by atoms with E-state index in [9.17, 15) is 14.0 Å². The Morgan fingerprint density at radius 3 is 2.27 bits per heavy atom. The molecule has 0 aromatic heterocycles. The van der Waals surface area contributed by atoms with Gasteiger partial charge < -0.3 is 0 Å². The Hall–Kier alpha value is -3.51. The standard InChI is InChI=1S/C24H19FN2O3/c1-15-10-12-18(13-11-15)26-23(28)20-21(16-6-5-7-17(25)14-16)27(30-22(20)24(26)29)19-8-3-2-4-9-19/h2-14,20-22H,1H3/t20-,21-,22+/m1/s1. The third-order valence-electron chi connectivity index (χ3n) is 5.61. The van der Waals surface area contributed by atoms with Crippen LogP contribution in [0.1, 0.15) is 17.2 Å². The molecule has 2 fully saturated rings. The topological polar surface area (TPSA) is 49.9 Å². The van der Waals surface area contributed by atoms with E-state index in [1.807, 2.05) is 49.4 Å². The fourth-order valence-electron chi connectivity index (χ4n) is 4.19. The molecule has 6 heteroatoms. The first-order chi connectivity index (χ1) is 14.5. The molecular formula is C24H19FN2O3. The molecule has 0 radical (unpaired) electrons. The predicted octanol–water partition coefficient (Wildman–Crippen LogP) is 4.19. The van der Waals surface area contributed by atoms with Gasteiger partial charge in [0.2, 0.25) is 5.91 Å². The number of carbonyl (C=O) groups excluding carboxylic acids is 2. The number of carbonyl (C=O) groups is 2. The highest BCUT2D eigenvalue weighted by atomic mass is 19.1. The van der Waals surface area contributed by atoms with E-state index in [1.54, 1.807) is 29.3 Å². The molecule has 2 aliphatic heterocycles. The lowest BCUT2D eigenvalue weighted by atomic mass is 9.90. The monoisotopic (exact) mass is 402 g/mol. The lowest BCUT2D eigenvalue weighted by Gasteiger charge is -2.28. The molecule has 3 atom stereocenters. The molecule has 3 aromatic carbocycles. The van der Waals surface area contributed by atoms with E-state index in [2.05, 4.69) is 0 Å². The Labute approximate surface area is 173 Å². The summed E-state index contributed by atoms with van der Waals surface area (Å²) in [5.74, 6) is -1.94. The molecule has 0 N–H and O–H groups in total. The van der Waals surface area contributed by atoms with E-state index in [-0.39, 0.29) is 5.91 Å². The average molecular weight is 402 g/mol. The summed E-state index contributed by atoms with van der Waals surface area (Å²) in [4.78, 5) is 33.8. The number of hydrogen-bond acceptors (Lipinski definition) is 4. The van der Waals surface area contributed by atoms with Gasteiger partial charge in [-0.3, -0.25) is 14.4 Å². The summed E-state index contributed by atoms with van der Waals surface area (Å²) < 4.78 is 14.0. The molecule has 5 nitrogen and oxygen atoms in total. The molecule has 150 valence electrons. The molecule has 2 aliphatic rings. The van der Waals surface area contributed by atoms with Crippen LogP contribution in [0.25, 0.3) is 0 Å². The van der Waals surface area contributed by atoms with Crippen LogP contribution >= 0.6 is 0 Å². The van der Waals surface area contributed by atoms with Crippen molar-refractivity contribution in [1.82, 2.24) is 0 Å². The van der Waals surface area contributed by atoms with Crippen LogP contribution in [0.15, 0.2) is 78.9 Å². The van der Waals surface area contributed by atoms with Crippen LogP contribution in [-0.2, 0) is 14.4 Å². The van der Waals surface area contributed by atoms with Gasteiger partial charge >= 0.3 is 0 Å². The third-order valence-corrected chi connectivity index (χ3v) is 5.61. The number of imide groups is 1. The first kappa shape index (κ1) is 18.5. The molecule has 0 spiro atoms. The van der Waals surface area contributed by atoms with Gasteiger partial charge in [0.15, 0.2) is 6.10 Å². The van der Waals surface area contributed by atoms with Crippen molar-refractivity contribution in [2.75, 3.05) is 9.96 Å². The molecule has 0 aliphatic carbocycles. The van der Waals surface area contributed by atoms with Crippen molar-refractivity contribution in [2.45, 2.75) is 19.1 Å². The molecule has 2 heterocycles. The zero-order valence-corrected chi connectivity index (χ0v) is 16.2. The molecule has 0 bridgehead atoms. The Bertz CT molecular complexity index is 1120. The van der Waals surface area contributed by atoms with Crippen LogP contribution in [-0.4, -0.2) is 17.9 Å². The van der Waals surface area contributed by atoms with Gasteiger partial charge in [0.05, 0.1) is 17.4 Å². The number of benzene rings is 3. The number of para-hydroxylation sites is 1. The summed E-state index contributed by atoms with van der Waals surface area (Å²) in [5.41, 5.74) is 2.82. The number of aryl methyl sites for hydroxylation is 1. The maximum absolute atomic E-state index is 14.0. The molecule has 3 aromatic rings. The number of halogens is 1. The van der Waals surface area contributed by atoms with Crippen molar-refractivity contribution in [3.63, 3.8) is 0 Å². The Balaban J connectivity index is 1.59. The Morgan fingerprint density at radius 1 is 0.833 bits per heavy atom. The van der Waals surface area contributed by atoms with Crippen molar-refractivity contribution >= 4 is 23.2 Å². The van der Waals surface area contributed by atoms with E-state index in [0.29, 0.717) is 16.9 Å². The fourth-order valence-corrected chi connectivity index (χ4v) is 4.19. The largest absolute Gasteiger partial charge is 0.273 e. The quantitative estimate of drug-likeness (QED) is 0.617. The smallest absolute Gasteiger partial charge is 0.266 e. The number of nitrogens with zero attached hydrogens (tertiary/aromatic N) is 2. The van der Waals surface area contributed by atoms with Crippen molar-refractivity contribution < 1.29 is 18.8 Å². The molecule has 2 amide bonds. The number of hydrogen-bond donors (Lipinski definition) is 0. The molecule has 5 rings (SSSR count). The van der Waals surface area contributed by atoms with Crippen molar-refractivity contribution in [3.8, 4) is 0 Å². The highest BCUT2D eigenvalue weighted by molar-refractivity contribution is 6.23. The van der Waals surface area contributed by atoms with Crippen LogP contribution in [0, 0.1) is 18.7 Å². The van der Waals surface area contributed by atoms with Crippen molar-refractivity contribution in [3.05, 3.63) is 95.8 Å². The lowest BCUT2D eigenvalue weighted by Crippen LogP contribution is -2.37. The van der Waals surface area contributed by atoms with E-state index >= 15 is 0 Å². The zero-order chi connectivity index (χ0) is 20.8. The second-order valence-electron chi connectivity index (χ2n) is 7.56.